The smallest absolute Gasteiger partial charge is 0.252 e. The topological polar surface area (TPSA) is 32.3 Å². The Kier molecular flexibility index (Phi) is 6.79. The maximum atomic E-state index is 13.5. The zero-order valence-corrected chi connectivity index (χ0v) is 18.7. The Hall–Kier alpha value is -2.13. The highest BCUT2D eigenvalue weighted by Gasteiger charge is 2.43. The Morgan fingerprint density at radius 3 is 2.07 bits per heavy atom. The molecule has 1 atom stereocenters. The lowest BCUT2D eigenvalue weighted by Crippen LogP contribution is -2.56. The van der Waals surface area contributed by atoms with E-state index >= 15 is 0 Å². The summed E-state index contributed by atoms with van der Waals surface area (Å²) < 4.78 is 0. The molecule has 1 N–H and O–H groups in total. The average molecular weight is 393 g/mol. The Morgan fingerprint density at radius 1 is 1.00 bits per heavy atom. The Labute approximate surface area is 176 Å². The minimum absolute atomic E-state index is 0.0376. The van der Waals surface area contributed by atoms with Crippen LogP contribution in [0.5, 0.6) is 0 Å². The highest BCUT2D eigenvalue weighted by atomic mass is 16.1. The fraction of sp³-hybridized carbons (Fsp3) is 0.500. The minimum atomic E-state index is -0.0694. The van der Waals surface area contributed by atoms with E-state index < -0.39 is 0 Å². The molecule has 1 unspecified atom stereocenters. The van der Waals surface area contributed by atoms with Crippen LogP contribution < -0.4 is 5.32 Å². The SMILES string of the molecule is CCC(CC)(C(NC(=O)c1c(C)cc(C)cc1C)c1ccccc1)N1CCCC1. The quantitative estimate of drug-likeness (QED) is 0.652. The van der Waals surface area contributed by atoms with Crippen LogP contribution in [0, 0.1) is 20.8 Å². The van der Waals surface area contributed by atoms with Gasteiger partial charge in [-0.15, -0.1) is 0 Å². The van der Waals surface area contributed by atoms with E-state index in [1.165, 1.54) is 24.0 Å². The Morgan fingerprint density at radius 2 is 1.55 bits per heavy atom. The van der Waals surface area contributed by atoms with Crippen molar-refractivity contribution in [3.05, 3.63) is 70.3 Å². The molecular weight excluding hydrogens is 356 g/mol. The van der Waals surface area contributed by atoms with E-state index in [1.54, 1.807) is 0 Å². The monoisotopic (exact) mass is 392 g/mol. The highest BCUT2D eigenvalue weighted by molar-refractivity contribution is 5.97. The summed E-state index contributed by atoms with van der Waals surface area (Å²) in [6.45, 7) is 12.9. The van der Waals surface area contributed by atoms with Crippen LogP contribution in [-0.2, 0) is 0 Å². The molecule has 1 saturated heterocycles. The van der Waals surface area contributed by atoms with E-state index in [-0.39, 0.29) is 17.5 Å². The first-order valence-electron chi connectivity index (χ1n) is 11.1. The number of amides is 1. The second-order valence-electron chi connectivity index (χ2n) is 8.60. The van der Waals surface area contributed by atoms with Crippen molar-refractivity contribution in [2.24, 2.45) is 0 Å². The molecule has 0 saturated carbocycles. The largest absolute Gasteiger partial charge is 0.343 e. The number of carbonyl (C=O) groups is 1. The molecule has 2 aromatic rings. The average Bonchev–Trinajstić information content (AvgIpc) is 3.23. The van der Waals surface area contributed by atoms with E-state index in [2.05, 4.69) is 67.4 Å². The van der Waals surface area contributed by atoms with Crippen molar-refractivity contribution in [2.45, 2.75) is 71.9 Å². The van der Waals surface area contributed by atoms with Crippen molar-refractivity contribution in [3.63, 3.8) is 0 Å². The zero-order valence-electron chi connectivity index (χ0n) is 18.7. The van der Waals surface area contributed by atoms with E-state index in [0.717, 1.165) is 42.6 Å². The minimum Gasteiger partial charge on any atom is -0.343 e. The van der Waals surface area contributed by atoms with Crippen LogP contribution in [0.25, 0.3) is 0 Å². The van der Waals surface area contributed by atoms with Gasteiger partial charge < -0.3 is 5.32 Å². The molecule has 29 heavy (non-hydrogen) atoms. The predicted octanol–water partition coefficient (Wildman–Crippen LogP) is 5.74. The van der Waals surface area contributed by atoms with Crippen molar-refractivity contribution in [1.29, 1.82) is 0 Å². The normalized spacial score (nSPS) is 16.0. The van der Waals surface area contributed by atoms with Gasteiger partial charge in [-0.25, -0.2) is 0 Å². The number of hydrogen-bond acceptors (Lipinski definition) is 2. The number of nitrogens with one attached hydrogen (secondary N) is 1. The third-order valence-corrected chi connectivity index (χ3v) is 6.81. The highest BCUT2D eigenvalue weighted by Crippen LogP contribution is 2.39. The number of aryl methyl sites for hydroxylation is 3. The van der Waals surface area contributed by atoms with E-state index in [4.69, 9.17) is 0 Å². The second kappa shape index (κ2) is 9.13. The van der Waals surface area contributed by atoms with Crippen molar-refractivity contribution in [1.82, 2.24) is 10.2 Å². The first-order chi connectivity index (χ1) is 13.9. The number of hydrogen-bond donors (Lipinski definition) is 1. The Bertz CT molecular complexity index is 810. The maximum absolute atomic E-state index is 13.5. The molecule has 0 aromatic heterocycles. The van der Waals surface area contributed by atoms with Crippen LogP contribution in [0.15, 0.2) is 42.5 Å². The third-order valence-electron chi connectivity index (χ3n) is 6.81. The maximum Gasteiger partial charge on any atom is 0.252 e. The van der Waals surface area contributed by atoms with Gasteiger partial charge in [0, 0.05) is 11.1 Å². The fourth-order valence-corrected chi connectivity index (χ4v) is 5.37. The van der Waals surface area contributed by atoms with Crippen molar-refractivity contribution < 1.29 is 4.79 Å². The van der Waals surface area contributed by atoms with Gasteiger partial charge in [0.25, 0.3) is 5.91 Å². The zero-order chi connectivity index (χ0) is 21.0. The lowest BCUT2D eigenvalue weighted by molar-refractivity contribution is 0.0545. The van der Waals surface area contributed by atoms with E-state index in [1.807, 2.05) is 19.9 Å². The first kappa shape index (κ1) is 21.6. The van der Waals surface area contributed by atoms with Gasteiger partial charge in [0.15, 0.2) is 0 Å². The van der Waals surface area contributed by atoms with Gasteiger partial charge in [-0.3, -0.25) is 9.69 Å². The van der Waals surface area contributed by atoms with Crippen LogP contribution in [0.3, 0.4) is 0 Å². The third kappa shape index (κ3) is 4.25. The molecule has 3 nitrogen and oxygen atoms in total. The number of benzene rings is 2. The van der Waals surface area contributed by atoms with E-state index in [0.29, 0.717) is 0 Å². The Balaban J connectivity index is 2.04. The standard InChI is InChI=1S/C26H36N2O/c1-6-26(7-2,28-15-11-12-16-28)24(22-13-9-8-10-14-22)27-25(29)23-20(4)17-19(3)18-21(23)5/h8-10,13-14,17-18,24H,6-7,11-12,15-16H2,1-5H3,(H,27,29). The first-order valence-corrected chi connectivity index (χ1v) is 11.1. The number of rotatable bonds is 7. The molecule has 3 heteroatoms. The number of carbonyl (C=O) groups excluding carboxylic acids is 1. The van der Waals surface area contributed by atoms with Gasteiger partial charge in [-0.2, -0.15) is 0 Å². The summed E-state index contributed by atoms with van der Waals surface area (Å²) in [7, 11) is 0. The molecule has 1 fully saturated rings. The molecule has 0 bridgehead atoms. The van der Waals surface area contributed by atoms with Gasteiger partial charge in [0.1, 0.15) is 0 Å². The second-order valence-corrected chi connectivity index (χ2v) is 8.60. The van der Waals surface area contributed by atoms with Crippen molar-refractivity contribution in [3.8, 4) is 0 Å². The molecule has 1 aliphatic heterocycles. The number of likely N-dealkylation sites (tertiary alicyclic amines) is 1. The summed E-state index contributed by atoms with van der Waals surface area (Å²) in [6.07, 6.45) is 4.51. The molecular formula is C26H36N2O. The van der Waals surface area contributed by atoms with Crippen LogP contribution in [0.2, 0.25) is 0 Å². The summed E-state index contributed by atoms with van der Waals surface area (Å²) in [5.74, 6) is 0.0410. The molecule has 1 aliphatic rings. The van der Waals surface area contributed by atoms with Gasteiger partial charge in [-0.05, 0) is 76.2 Å². The molecule has 3 rings (SSSR count). The molecule has 156 valence electrons. The van der Waals surface area contributed by atoms with Gasteiger partial charge in [0.05, 0.1) is 6.04 Å². The fourth-order valence-electron chi connectivity index (χ4n) is 5.37. The molecule has 0 aliphatic carbocycles. The molecule has 1 heterocycles. The number of nitrogens with zero attached hydrogens (tertiary/aromatic N) is 1. The van der Waals surface area contributed by atoms with Crippen LogP contribution in [-0.4, -0.2) is 29.4 Å². The van der Waals surface area contributed by atoms with Crippen molar-refractivity contribution >= 4 is 5.91 Å². The van der Waals surface area contributed by atoms with Crippen LogP contribution in [0.4, 0.5) is 0 Å². The summed E-state index contributed by atoms with van der Waals surface area (Å²) in [5.41, 5.74) is 5.24. The summed E-state index contributed by atoms with van der Waals surface area (Å²) in [5, 5.41) is 3.49. The lowest BCUT2D eigenvalue weighted by Gasteiger charge is -2.47. The molecule has 0 radical (unpaired) electrons. The molecule has 1 amide bonds. The van der Waals surface area contributed by atoms with Gasteiger partial charge in [-0.1, -0.05) is 61.9 Å². The molecule has 2 aromatic carbocycles. The summed E-state index contributed by atoms with van der Waals surface area (Å²) in [4.78, 5) is 16.2. The van der Waals surface area contributed by atoms with Crippen molar-refractivity contribution in [2.75, 3.05) is 13.1 Å². The van der Waals surface area contributed by atoms with Gasteiger partial charge >= 0.3 is 0 Å². The summed E-state index contributed by atoms with van der Waals surface area (Å²) >= 11 is 0. The van der Waals surface area contributed by atoms with Crippen LogP contribution >= 0.6 is 0 Å². The summed E-state index contributed by atoms with van der Waals surface area (Å²) in [6, 6.07) is 14.7. The van der Waals surface area contributed by atoms with Crippen LogP contribution in [0.1, 0.15) is 78.2 Å². The van der Waals surface area contributed by atoms with E-state index in [9.17, 15) is 4.79 Å². The molecule has 0 spiro atoms. The lowest BCUT2D eigenvalue weighted by atomic mass is 9.79. The predicted molar refractivity (Wildman–Crippen MR) is 121 cm³/mol. The van der Waals surface area contributed by atoms with Gasteiger partial charge in [0.2, 0.25) is 0 Å².